The van der Waals surface area contributed by atoms with Gasteiger partial charge in [0.25, 0.3) is 0 Å². The normalized spacial score (nSPS) is 25.0. The average molecular weight is 363 g/mol. The zero-order valence-electron chi connectivity index (χ0n) is 14.8. The van der Waals surface area contributed by atoms with Crippen molar-refractivity contribution in [1.82, 2.24) is 14.9 Å². The van der Waals surface area contributed by atoms with Gasteiger partial charge < -0.3 is 15.2 Å². The number of nitrogens with one attached hydrogen (secondary N) is 2. The minimum atomic E-state index is 0.414. The average Bonchev–Trinajstić information content (AvgIpc) is 3.08. The summed E-state index contributed by atoms with van der Waals surface area (Å²) in [5.74, 6) is 0.562. The molecule has 1 aliphatic carbocycles. The molecule has 132 valence electrons. The summed E-state index contributed by atoms with van der Waals surface area (Å²) in [6.07, 6.45) is 6.37. The van der Waals surface area contributed by atoms with Gasteiger partial charge in [-0.1, -0.05) is 24.4 Å². The quantitative estimate of drug-likeness (QED) is 0.697. The van der Waals surface area contributed by atoms with E-state index in [1.54, 1.807) is 5.37 Å². The first-order valence-electron chi connectivity index (χ1n) is 9.20. The van der Waals surface area contributed by atoms with Crippen molar-refractivity contribution in [2.45, 2.75) is 30.8 Å². The highest BCUT2D eigenvalue weighted by Gasteiger charge is 2.39. The Kier molecular flexibility index (Phi) is 3.80. The fraction of sp³-hybridized carbons (Fsp3) is 0.333. The number of aromatic amines is 1. The van der Waals surface area contributed by atoms with Crippen LogP contribution in [-0.2, 0) is 6.42 Å². The van der Waals surface area contributed by atoms with Gasteiger partial charge in [0.2, 0.25) is 0 Å². The summed E-state index contributed by atoms with van der Waals surface area (Å²) in [5.41, 5.74) is 6.15. The first-order chi connectivity index (χ1) is 12.7. The van der Waals surface area contributed by atoms with Crippen molar-refractivity contribution >= 4 is 34.2 Å². The third kappa shape index (κ3) is 2.54. The number of likely N-dealkylation sites (tertiary alicyclic amines) is 1. The molecule has 4 nitrogen and oxygen atoms in total. The SMILES string of the molecule is CN1C[C@H](Nc2ccc(C=S)nc2)CC2c3cccc4[nH]cc(c34)C[C@H]21. The van der Waals surface area contributed by atoms with Crippen molar-refractivity contribution in [2.75, 3.05) is 18.9 Å². The van der Waals surface area contributed by atoms with Crippen molar-refractivity contribution in [2.24, 2.45) is 0 Å². The van der Waals surface area contributed by atoms with Gasteiger partial charge in [0, 0.05) is 47.0 Å². The van der Waals surface area contributed by atoms with Gasteiger partial charge in [-0.2, -0.15) is 0 Å². The van der Waals surface area contributed by atoms with E-state index in [9.17, 15) is 0 Å². The van der Waals surface area contributed by atoms with Gasteiger partial charge in [0.1, 0.15) is 0 Å². The molecule has 3 aromatic rings. The first kappa shape index (κ1) is 16.0. The summed E-state index contributed by atoms with van der Waals surface area (Å²) in [4.78, 5) is 10.4. The number of H-pyrrole nitrogens is 1. The second kappa shape index (κ2) is 6.18. The molecule has 3 heterocycles. The highest BCUT2D eigenvalue weighted by molar-refractivity contribution is 7.79. The van der Waals surface area contributed by atoms with Crippen LogP contribution in [0.15, 0.2) is 42.7 Å². The number of fused-ring (bicyclic) bond motifs is 2. The maximum absolute atomic E-state index is 4.94. The van der Waals surface area contributed by atoms with Crippen LogP contribution in [0.25, 0.3) is 10.9 Å². The Morgan fingerprint density at radius 2 is 2.23 bits per heavy atom. The van der Waals surface area contributed by atoms with Gasteiger partial charge in [-0.05, 0) is 49.2 Å². The van der Waals surface area contributed by atoms with Crippen LogP contribution >= 0.6 is 12.2 Å². The summed E-state index contributed by atoms with van der Waals surface area (Å²) in [6.45, 7) is 1.05. The summed E-state index contributed by atoms with van der Waals surface area (Å²) in [7, 11) is 2.26. The molecule has 5 heteroatoms. The fourth-order valence-electron chi connectivity index (χ4n) is 4.84. The summed E-state index contributed by atoms with van der Waals surface area (Å²) >= 11 is 4.94. The molecule has 1 saturated heterocycles. The van der Waals surface area contributed by atoms with E-state index in [0.29, 0.717) is 18.0 Å². The number of piperidine rings is 1. The molecule has 0 saturated carbocycles. The molecule has 1 unspecified atom stereocenters. The van der Waals surface area contributed by atoms with Crippen molar-refractivity contribution in [3.63, 3.8) is 0 Å². The Morgan fingerprint density at radius 1 is 1.31 bits per heavy atom. The van der Waals surface area contributed by atoms with E-state index < -0.39 is 0 Å². The molecular weight excluding hydrogens is 340 g/mol. The molecule has 2 aromatic heterocycles. The van der Waals surface area contributed by atoms with Crippen LogP contribution in [0.5, 0.6) is 0 Å². The summed E-state index contributed by atoms with van der Waals surface area (Å²) < 4.78 is 0. The Balaban J connectivity index is 1.44. The number of rotatable bonds is 3. The summed E-state index contributed by atoms with van der Waals surface area (Å²) in [6, 6.07) is 11.7. The Bertz CT molecular complexity index is 962. The lowest BCUT2D eigenvalue weighted by molar-refractivity contribution is 0.147. The zero-order chi connectivity index (χ0) is 17.7. The van der Waals surface area contributed by atoms with Crippen LogP contribution in [0.3, 0.4) is 0 Å². The minimum absolute atomic E-state index is 0.414. The Hall–Kier alpha value is -2.24. The van der Waals surface area contributed by atoms with Gasteiger partial charge >= 0.3 is 0 Å². The third-order valence-electron chi connectivity index (χ3n) is 6.00. The standard InChI is InChI=1S/C21H22N4S/c1-25-11-16(24-14-5-6-15(12-26)22-10-14)8-18-17-3-2-4-19-21(17)13(9-23-19)7-20(18)25/h2-6,9-10,12,16,18,20,23-24H,7-8,11H2,1H3/t16-,18?,20-/m1/s1. The molecular formula is C21H22N4S. The molecule has 5 rings (SSSR count). The van der Waals surface area contributed by atoms with E-state index >= 15 is 0 Å². The molecule has 1 aliphatic heterocycles. The Labute approximate surface area is 158 Å². The number of thiocarbonyl (C=S) groups is 1. The molecule has 2 aliphatic rings. The maximum atomic E-state index is 4.94. The number of hydrogen-bond donors (Lipinski definition) is 2. The molecule has 3 atom stereocenters. The lowest BCUT2D eigenvalue weighted by Gasteiger charge is -2.45. The van der Waals surface area contributed by atoms with Crippen molar-refractivity contribution < 1.29 is 0 Å². The molecule has 1 fully saturated rings. The molecule has 0 bridgehead atoms. The lowest BCUT2D eigenvalue weighted by Crippen LogP contribution is -2.51. The number of likely N-dealkylation sites (N-methyl/N-ethyl adjacent to an activating group) is 1. The van der Waals surface area contributed by atoms with Crippen LogP contribution in [0.4, 0.5) is 5.69 Å². The van der Waals surface area contributed by atoms with E-state index in [-0.39, 0.29) is 0 Å². The number of hydrogen-bond acceptors (Lipinski definition) is 4. The number of nitrogens with zero attached hydrogens (tertiary/aromatic N) is 2. The van der Waals surface area contributed by atoms with Crippen molar-refractivity contribution in [3.05, 3.63) is 59.5 Å². The molecule has 1 aromatic carbocycles. The lowest BCUT2D eigenvalue weighted by atomic mass is 9.74. The van der Waals surface area contributed by atoms with Crippen LogP contribution < -0.4 is 5.32 Å². The van der Waals surface area contributed by atoms with E-state index in [1.807, 2.05) is 12.3 Å². The van der Waals surface area contributed by atoms with Crippen molar-refractivity contribution in [1.29, 1.82) is 0 Å². The maximum Gasteiger partial charge on any atom is 0.0738 e. The number of aromatic nitrogens is 2. The monoisotopic (exact) mass is 362 g/mol. The van der Waals surface area contributed by atoms with Gasteiger partial charge in [-0.25, -0.2) is 0 Å². The van der Waals surface area contributed by atoms with Crippen LogP contribution in [-0.4, -0.2) is 45.9 Å². The van der Waals surface area contributed by atoms with Crippen LogP contribution in [0.1, 0.15) is 29.2 Å². The van der Waals surface area contributed by atoms with Gasteiger partial charge in [-0.3, -0.25) is 4.98 Å². The number of benzene rings is 1. The fourth-order valence-corrected chi connectivity index (χ4v) is 4.98. The van der Waals surface area contributed by atoms with E-state index in [4.69, 9.17) is 12.2 Å². The topological polar surface area (TPSA) is 44.0 Å². The first-order valence-corrected chi connectivity index (χ1v) is 9.67. The van der Waals surface area contributed by atoms with Crippen LogP contribution in [0.2, 0.25) is 0 Å². The largest absolute Gasteiger partial charge is 0.380 e. The Morgan fingerprint density at radius 3 is 3.04 bits per heavy atom. The molecule has 0 spiro atoms. The highest BCUT2D eigenvalue weighted by Crippen LogP contribution is 2.43. The van der Waals surface area contributed by atoms with E-state index in [0.717, 1.165) is 30.8 Å². The predicted molar refractivity (Wildman–Crippen MR) is 110 cm³/mol. The predicted octanol–water partition coefficient (Wildman–Crippen LogP) is 3.74. The van der Waals surface area contributed by atoms with Gasteiger partial charge in [-0.15, -0.1) is 0 Å². The smallest absolute Gasteiger partial charge is 0.0738 e. The number of anilines is 1. The minimum Gasteiger partial charge on any atom is -0.380 e. The van der Waals surface area contributed by atoms with E-state index in [2.05, 4.69) is 57.7 Å². The second-order valence-corrected chi connectivity index (χ2v) is 7.80. The van der Waals surface area contributed by atoms with E-state index in [1.165, 1.54) is 22.0 Å². The zero-order valence-corrected chi connectivity index (χ0v) is 15.6. The van der Waals surface area contributed by atoms with Crippen molar-refractivity contribution in [3.8, 4) is 0 Å². The van der Waals surface area contributed by atoms with Gasteiger partial charge in [0.15, 0.2) is 0 Å². The molecule has 0 radical (unpaired) electrons. The molecule has 26 heavy (non-hydrogen) atoms. The highest BCUT2D eigenvalue weighted by atomic mass is 32.1. The third-order valence-corrected chi connectivity index (χ3v) is 6.25. The summed E-state index contributed by atoms with van der Waals surface area (Å²) in [5, 5.41) is 6.75. The van der Waals surface area contributed by atoms with Crippen LogP contribution in [0, 0.1) is 0 Å². The molecule has 2 N–H and O–H groups in total. The molecule has 0 amide bonds. The number of pyridine rings is 1. The second-order valence-electron chi connectivity index (χ2n) is 7.57. The van der Waals surface area contributed by atoms with Gasteiger partial charge in [0.05, 0.1) is 17.6 Å².